The van der Waals surface area contributed by atoms with Crippen LogP contribution in [0.5, 0.6) is 5.75 Å². The first kappa shape index (κ1) is 22.4. The van der Waals surface area contributed by atoms with Gasteiger partial charge in [0.25, 0.3) is 5.56 Å². The predicted molar refractivity (Wildman–Crippen MR) is 134 cm³/mol. The Labute approximate surface area is 199 Å². The van der Waals surface area contributed by atoms with Crippen molar-refractivity contribution in [3.05, 3.63) is 45.9 Å². The zero-order valence-electron chi connectivity index (χ0n) is 20.2. The lowest BCUT2D eigenvalue weighted by molar-refractivity contribution is 0.101. The molecular weight excluding hydrogens is 430 g/mol. The van der Waals surface area contributed by atoms with Crippen LogP contribution in [0.25, 0.3) is 11.0 Å². The first-order valence-electron chi connectivity index (χ1n) is 12.1. The Bertz CT molecular complexity index is 1330. The minimum atomic E-state index is -0.243. The van der Waals surface area contributed by atoms with Crippen molar-refractivity contribution < 1.29 is 9.53 Å². The first-order chi connectivity index (χ1) is 16.4. The maximum Gasteiger partial charge on any atom is 0.263 e. The number of anilines is 3. The highest BCUT2D eigenvalue weighted by molar-refractivity contribution is 5.99. The van der Waals surface area contributed by atoms with Crippen LogP contribution >= 0.6 is 0 Å². The maximum absolute atomic E-state index is 13.4. The van der Waals surface area contributed by atoms with E-state index >= 15 is 0 Å². The van der Waals surface area contributed by atoms with Crippen molar-refractivity contribution in [2.24, 2.45) is 0 Å². The number of ketones is 1. The summed E-state index contributed by atoms with van der Waals surface area (Å²) in [4.78, 5) is 37.4. The SMILES string of the molecule is CCN1c2cc(Nc3ncc4c(C)c(C(C)=O)c(=O)n(C5CCCC5)c4n3)ccc2OCC1C. The number of hydrogen-bond acceptors (Lipinski definition) is 7. The third-order valence-electron chi connectivity index (χ3n) is 7.13. The van der Waals surface area contributed by atoms with Crippen LogP contribution < -0.4 is 20.5 Å². The molecule has 2 aliphatic rings. The highest BCUT2D eigenvalue weighted by Crippen LogP contribution is 2.37. The molecule has 178 valence electrons. The van der Waals surface area contributed by atoms with E-state index in [1.165, 1.54) is 6.92 Å². The Balaban J connectivity index is 1.59. The molecule has 1 unspecified atom stereocenters. The second-order valence-electron chi connectivity index (χ2n) is 9.35. The average molecular weight is 462 g/mol. The summed E-state index contributed by atoms with van der Waals surface area (Å²) in [7, 11) is 0. The van der Waals surface area contributed by atoms with Gasteiger partial charge in [-0.3, -0.25) is 14.2 Å². The summed E-state index contributed by atoms with van der Waals surface area (Å²) in [6, 6.07) is 6.31. The molecule has 1 atom stereocenters. The van der Waals surface area contributed by atoms with Gasteiger partial charge in [0.05, 0.1) is 17.3 Å². The molecule has 3 heterocycles. The van der Waals surface area contributed by atoms with Crippen LogP contribution in [0.4, 0.5) is 17.3 Å². The molecule has 1 fully saturated rings. The number of hydrogen-bond donors (Lipinski definition) is 1. The van der Waals surface area contributed by atoms with E-state index in [0.717, 1.165) is 54.7 Å². The summed E-state index contributed by atoms with van der Waals surface area (Å²) >= 11 is 0. The fraction of sp³-hybridized carbons (Fsp3) is 0.462. The number of carbonyl (C=O) groups excluding carboxylic acids is 1. The number of ether oxygens (including phenoxy) is 1. The number of rotatable bonds is 5. The summed E-state index contributed by atoms with van der Waals surface area (Å²) in [6.45, 7) is 9.10. The smallest absolute Gasteiger partial charge is 0.263 e. The highest BCUT2D eigenvalue weighted by atomic mass is 16.5. The fourth-order valence-corrected chi connectivity index (χ4v) is 5.40. The van der Waals surface area contributed by atoms with E-state index in [0.29, 0.717) is 29.8 Å². The standard InChI is InChI=1S/C26H31N5O3/c1-5-30-15(2)14-34-22-11-10-18(12-21(22)30)28-26-27-13-20-16(3)23(17(4)32)25(33)31(24(20)29-26)19-8-6-7-9-19/h10-13,15,19H,5-9,14H2,1-4H3,(H,27,28,29). The minimum Gasteiger partial charge on any atom is -0.489 e. The van der Waals surface area contributed by atoms with Gasteiger partial charge in [0, 0.05) is 29.9 Å². The Hall–Kier alpha value is -3.42. The molecule has 1 aliphatic heterocycles. The van der Waals surface area contributed by atoms with Crippen molar-refractivity contribution in [2.75, 3.05) is 23.4 Å². The van der Waals surface area contributed by atoms with Crippen molar-refractivity contribution in [3.63, 3.8) is 0 Å². The molecule has 1 saturated carbocycles. The van der Waals surface area contributed by atoms with E-state index in [1.807, 2.05) is 12.1 Å². The van der Waals surface area contributed by atoms with Gasteiger partial charge in [0.1, 0.15) is 18.0 Å². The number of aryl methyl sites for hydroxylation is 1. The van der Waals surface area contributed by atoms with Gasteiger partial charge >= 0.3 is 0 Å². The number of aromatic nitrogens is 3. The summed E-state index contributed by atoms with van der Waals surface area (Å²) in [5.41, 5.74) is 3.12. The van der Waals surface area contributed by atoms with Gasteiger partial charge in [0.2, 0.25) is 5.95 Å². The number of carbonyl (C=O) groups is 1. The molecule has 0 saturated heterocycles. The van der Waals surface area contributed by atoms with Crippen LogP contribution in [-0.4, -0.2) is 39.5 Å². The van der Waals surface area contributed by atoms with E-state index in [1.54, 1.807) is 17.7 Å². The third kappa shape index (κ3) is 3.71. The first-order valence-corrected chi connectivity index (χ1v) is 12.1. The summed E-state index contributed by atoms with van der Waals surface area (Å²) < 4.78 is 7.63. The van der Waals surface area contributed by atoms with Crippen LogP contribution in [-0.2, 0) is 0 Å². The zero-order chi connectivity index (χ0) is 24.0. The van der Waals surface area contributed by atoms with Crippen molar-refractivity contribution in [1.29, 1.82) is 0 Å². The molecule has 2 aromatic heterocycles. The van der Waals surface area contributed by atoms with Gasteiger partial charge in [-0.2, -0.15) is 4.98 Å². The number of fused-ring (bicyclic) bond motifs is 2. The molecule has 0 radical (unpaired) electrons. The number of pyridine rings is 1. The van der Waals surface area contributed by atoms with Gasteiger partial charge in [-0.25, -0.2) is 4.98 Å². The lowest BCUT2D eigenvalue weighted by Gasteiger charge is -2.36. The van der Waals surface area contributed by atoms with Gasteiger partial charge in [-0.15, -0.1) is 0 Å². The largest absolute Gasteiger partial charge is 0.489 e. The predicted octanol–water partition coefficient (Wildman–Crippen LogP) is 4.77. The normalized spacial score (nSPS) is 18.1. The van der Waals surface area contributed by atoms with Crippen molar-refractivity contribution in [2.45, 2.75) is 65.5 Å². The number of benzene rings is 1. The van der Waals surface area contributed by atoms with Crippen molar-refractivity contribution in [1.82, 2.24) is 14.5 Å². The second kappa shape index (κ2) is 8.74. The second-order valence-corrected chi connectivity index (χ2v) is 9.35. The van der Waals surface area contributed by atoms with Gasteiger partial charge in [-0.1, -0.05) is 12.8 Å². The van der Waals surface area contributed by atoms with Gasteiger partial charge in [-0.05, 0) is 64.3 Å². The minimum absolute atomic E-state index is 0.0527. The molecule has 1 aliphatic carbocycles. The molecule has 0 bridgehead atoms. The van der Waals surface area contributed by atoms with E-state index in [9.17, 15) is 9.59 Å². The number of likely N-dealkylation sites (N-methyl/N-ethyl adjacent to an activating group) is 1. The van der Waals surface area contributed by atoms with Crippen LogP contribution in [0, 0.1) is 6.92 Å². The molecule has 5 rings (SSSR count). The van der Waals surface area contributed by atoms with Crippen LogP contribution in [0.15, 0.2) is 29.2 Å². The van der Waals surface area contributed by atoms with Gasteiger partial charge in [0.15, 0.2) is 5.78 Å². The van der Waals surface area contributed by atoms with E-state index in [4.69, 9.17) is 9.72 Å². The number of nitrogens with one attached hydrogen (secondary N) is 1. The molecule has 1 aromatic carbocycles. The molecule has 8 heteroatoms. The van der Waals surface area contributed by atoms with Crippen molar-refractivity contribution in [3.8, 4) is 5.75 Å². The molecular formula is C26H31N5O3. The Morgan fingerprint density at radius 1 is 1.26 bits per heavy atom. The number of Topliss-reactive ketones (excluding diaryl/α,β-unsaturated/α-hetero) is 1. The average Bonchev–Trinajstić information content (AvgIpc) is 3.33. The lowest BCUT2D eigenvalue weighted by Crippen LogP contribution is -2.40. The highest BCUT2D eigenvalue weighted by Gasteiger charge is 2.26. The van der Waals surface area contributed by atoms with Crippen molar-refractivity contribution >= 4 is 34.1 Å². The van der Waals surface area contributed by atoms with E-state index < -0.39 is 0 Å². The lowest BCUT2D eigenvalue weighted by atomic mass is 10.0. The Kier molecular flexibility index (Phi) is 5.75. The van der Waals surface area contributed by atoms with E-state index in [-0.39, 0.29) is 22.9 Å². The molecule has 3 aromatic rings. The van der Waals surface area contributed by atoms with Gasteiger partial charge < -0.3 is 15.0 Å². The van der Waals surface area contributed by atoms with Crippen LogP contribution in [0.3, 0.4) is 0 Å². The topological polar surface area (TPSA) is 89.4 Å². The quantitative estimate of drug-likeness (QED) is 0.548. The summed E-state index contributed by atoms with van der Waals surface area (Å²) in [6.07, 6.45) is 5.69. The molecule has 1 N–H and O–H groups in total. The summed E-state index contributed by atoms with van der Waals surface area (Å²) in [5, 5.41) is 4.06. The monoisotopic (exact) mass is 461 g/mol. The van der Waals surface area contributed by atoms with Crippen LogP contribution in [0.1, 0.15) is 68.4 Å². The molecule has 0 spiro atoms. The Morgan fingerprint density at radius 3 is 2.74 bits per heavy atom. The fourth-order valence-electron chi connectivity index (χ4n) is 5.40. The number of nitrogens with zero attached hydrogens (tertiary/aromatic N) is 4. The molecule has 34 heavy (non-hydrogen) atoms. The summed E-state index contributed by atoms with van der Waals surface area (Å²) in [5.74, 6) is 1.07. The maximum atomic E-state index is 13.4. The third-order valence-corrected chi connectivity index (χ3v) is 7.13. The Morgan fingerprint density at radius 2 is 2.03 bits per heavy atom. The molecule has 0 amide bonds. The van der Waals surface area contributed by atoms with E-state index in [2.05, 4.69) is 35.1 Å². The molecule has 8 nitrogen and oxygen atoms in total. The zero-order valence-corrected chi connectivity index (χ0v) is 20.2. The van der Waals surface area contributed by atoms with Crippen LogP contribution in [0.2, 0.25) is 0 Å².